The summed E-state index contributed by atoms with van der Waals surface area (Å²) in [5.41, 5.74) is 0. The molecule has 46 valence electrons. The molecular formula is C3H6Cl4. The molecule has 0 aromatic rings. The van der Waals surface area contributed by atoms with Crippen LogP contribution in [0.15, 0.2) is 0 Å². The zero-order valence-electron chi connectivity index (χ0n) is 3.80. The molecule has 0 heterocycles. The quantitative estimate of drug-likeness (QED) is 0.506. The van der Waals surface area contributed by atoms with Crippen molar-refractivity contribution in [3.63, 3.8) is 0 Å². The Kier molecular flexibility index (Phi) is 16.1. The van der Waals surface area contributed by atoms with Crippen LogP contribution >= 0.6 is 46.4 Å². The highest BCUT2D eigenvalue weighted by Gasteiger charge is 1.78. The zero-order valence-corrected chi connectivity index (χ0v) is 6.82. The molecule has 0 unspecified atom stereocenters. The predicted octanol–water partition coefficient (Wildman–Crippen LogP) is 3.23. The molecule has 0 aliphatic rings. The van der Waals surface area contributed by atoms with Crippen molar-refractivity contribution >= 4 is 46.4 Å². The van der Waals surface area contributed by atoms with Crippen LogP contribution in [0.5, 0.6) is 0 Å². The van der Waals surface area contributed by atoms with Gasteiger partial charge in [0.1, 0.15) is 0 Å². The third-order valence-electron chi connectivity index (χ3n) is 0. The van der Waals surface area contributed by atoms with Crippen LogP contribution in [0.3, 0.4) is 0 Å². The Labute approximate surface area is 63.7 Å². The van der Waals surface area contributed by atoms with E-state index in [0.717, 1.165) is 5.88 Å². The van der Waals surface area contributed by atoms with Gasteiger partial charge in [0, 0.05) is 5.88 Å². The highest BCUT2D eigenvalue weighted by molar-refractivity contribution is 6.63. The molecule has 0 radical (unpaired) electrons. The van der Waals surface area contributed by atoms with E-state index in [1.807, 2.05) is 6.92 Å². The lowest BCUT2D eigenvalue weighted by atomic mass is 11.0. The standard InChI is InChI=1S/C2H5Cl.CHCl3/c1-2-3;2-1(3)4/h2H2,1H3;1H. The molecule has 0 aliphatic carbocycles. The highest BCUT2D eigenvalue weighted by Crippen LogP contribution is 2.03. The maximum absolute atomic E-state index is 5.00. The molecule has 0 rings (SSSR count). The minimum absolute atomic E-state index is 0.722. The van der Waals surface area contributed by atoms with Crippen LogP contribution in [0.1, 0.15) is 6.92 Å². The van der Waals surface area contributed by atoms with E-state index >= 15 is 0 Å². The largest absolute Gasteiger partial charge is 0.180 e. The van der Waals surface area contributed by atoms with Gasteiger partial charge < -0.3 is 0 Å². The Morgan fingerprint density at radius 3 is 1.29 bits per heavy atom. The van der Waals surface area contributed by atoms with Crippen molar-refractivity contribution in [1.29, 1.82) is 0 Å². The van der Waals surface area contributed by atoms with Crippen LogP contribution in [0.25, 0.3) is 0 Å². The van der Waals surface area contributed by atoms with Gasteiger partial charge in [-0.05, 0) is 0 Å². The summed E-state index contributed by atoms with van der Waals surface area (Å²) < 4.78 is -0.750. The molecule has 0 spiro atoms. The Hall–Kier alpha value is 1.16. The number of rotatable bonds is 0. The first-order valence-electron chi connectivity index (χ1n) is 1.63. The van der Waals surface area contributed by atoms with Crippen LogP contribution in [0.2, 0.25) is 0 Å². The van der Waals surface area contributed by atoms with Crippen molar-refractivity contribution in [1.82, 2.24) is 0 Å². The van der Waals surface area contributed by atoms with Gasteiger partial charge in [0.15, 0.2) is 4.30 Å². The maximum atomic E-state index is 5.00. The zero-order chi connectivity index (χ0) is 6.28. The molecular weight excluding hydrogens is 178 g/mol. The van der Waals surface area contributed by atoms with Crippen LogP contribution in [-0.4, -0.2) is 10.2 Å². The van der Waals surface area contributed by atoms with Gasteiger partial charge in [0.25, 0.3) is 0 Å². The lowest BCUT2D eigenvalue weighted by Gasteiger charge is -1.69. The third kappa shape index (κ3) is 142. The van der Waals surface area contributed by atoms with E-state index in [4.69, 9.17) is 46.4 Å². The third-order valence-corrected chi connectivity index (χ3v) is 0. The molecule has 0 aromatic carbocycles. The van der Waals surface area contributed by atoms with Gasteiger partial charge in [-0.1, -0.05) is 41.7 Å². The van der Waals surface area contributed by atoms with Crippen LogP contribution in [0, 0.1) is 0 Å². The normalized spacial score (nSPS) is 7.71. The van der Waals surface area contributed by atoms with E-state index in [0.29, 0.717) is 0 Å². The Bertz CT molecular complexity index is 18.1. The van der Waals surface area contributed by atoms with Gasteiger partial charge in [0.05, 0.1) is 0 Å². The van der Waals surface area contributed by atoms with Crippen LogP contribution in [-0.2, 0) is 0 Å². The predicted molar refractivity (Wildman–Crippen MR) is 37.7 cm³/mol. The summed E-state index contributed by atoms with van der Waals surface area (Å²) in [6, 6.07) is 0. The van der Waals surface area contributed by atoms with Crippen molar-refractivity contribution in [2.24, 2.45) is 0 Å². The first-order chi connectivity index (χ1) is 3.15. The van der Waals surface area contributed by atoms with E-state index in [-0.39, 0.29) is 0 Å². The van der Waals surface area contributed by atoms with E-state index in [9.17, 15) is 0 Å². The summed E-state index contributed by atoms with van der Waals surface area (Å²) in [6.07, 6.45) is 0. The molecule has 0 nitrogen and oxygen atoms in total. The summed E-state index contributed by atoms with van der Waals surface area (Å²) in [7, 11) is 0. The molecule has 0 saturated carbocycles. The second-order valence-electron chi connectivity index (χ2n) is 0.515. The molecule has 0 N–H and O–H groups in total. The average Bonchev–Trinajstić information content (AvgIpc) is 1.33. The number of hydrogen-bond acceptors (Lipinski definition) is 0. The summed E-state index contributed by atoms with van der Waals surface area (Å²) in [5.74, 6) is 0.722. The Morgan fingerprint density at radius 2 is 1.29 bits per heavy atom. The smallest absolute Gasteiger partial charge is 0.127 e. The molecule has 0 fully saturated rings. The molecule has 0 aromatic heterocycles. The van der Waals surface area contributed by atoms with E-state index in [1.54, 1.807) is 0 Å². The summed E-state index contributed by atoms with van der Waals surface area (Å²) in [6.45, 7) is 1.89. The molecule has 0 aliphatic heterocycles. The summed E-state index contributed by atoms with van der Waals surface area (Å²) in [4.78, 5) is 0. The van der Waals surface area contributed by atoms with E-state index in [1.165, 1.54) is 0 Å². The van der Waals surface area contributed by atoms with Gasteiger partial charge in [-0.2, -0.15) is 0 Å². The molecule has 0 amide bonds. The molecule has 7 heavy (non-hydrogen) atoms. The van der Waals surface area contributed by atoms with Crippen molar-refractivity contribution in [2.45, 2.75) is 11.2 Å². The topological polar surface area (TPSA) is 0 Å². The fourth-order valence-electron chi connectivity index (χ4n) is 0. The van der Waals surface area contributed by atoms with Crippen LogP contribution in [0.4, 0.5) is 0 Å². The SMILES string of the molecule is CCCl.ClC(Cl)Cl. The van der Waals surface area contributed by atoms with Gasteiger partial charge in [-0.25, -0.2) is 0 Å². The minimum Gasteiger partial charge on any atom is -0.127 e. The van der Waals surface area contributed by atoms with Gasteiger partial charge in [-0.3, -0.25) is 0 Å². The Morgan fingerprint density at radius 1 is 1.29 bits per heavy atom. The number of alkyl halides is 4. The Balaban J connectivity index is 0. The van der Waals surface area contributed by atoms with E-state index in [2.05, 4.69) is 0 Å². The minimum atomic E-state index is -0.750. The van der Waals surface area contributed by atoms with Crippen LogP contribution < -0.4 is 0 Å². The van der Waals surface area contributed by atoms with Crippen molar-refractivity contribution in [2.75, 3.05) is 5.88 Å². The first-order valence-corrected chi connectivity index (χ1v) is 3.47. The fourth-order valence-corrected chi connectivity index (χ4v) is 0. The highest BCUT2D eigenvalue weighted by atomic mass is 35.6. The monoisotopic (exact) mass is 182 g/mol. The lowest BCUT2D eigenvalue weighted by molar-refractivity contribution is 1.51. The summed E-state index contributed by atoms with van der Waals surface area (Å²) >= 11 is 19.4. The molecule has 4 heteroatoms. The van der Waals surface area contributed by atoms with Crippen molar-refractivity contribution in [3.05, 3.63) is 0 Å². The van der Waals surface area contributed by atoms with Gasteiger partial charge in [0.2, 0.25) is 0 Å². The van der Waals surface area contributed by atoms with Crippen molar-refractivity contribution < 1.29 is 0 Å². The maximum Gasteiger partial charge on any atom is 0.180 e. The van der Waals surface area contributed by atoms with Gasteiger partial charge >= 0.3 is 0 Å². The lowest BCUT2D eigenvalue weighted by Crippen LogP contribution is -1.55. The molecule has 0 atom stereocenters. The summed E-state index contributed by atoms with van der Waals surface area (Å²) in [5, 5.41) is 0. The van der Waals surface area contributed by atoms with Gasteiger partial charge in [-0.15, -0.1) is 11.6 Å². The fraction of sp³-hybridized carbons (Fsp3) is 1.00. The second kappa shape index (κ2) is 10.2. The number of hydrogen-bond donors (Lipinski definition) is 0. The molecule has 0 bridgehead atoms. The second-order valence-corrected chi connectivity index (χ2v) is 3.03. The average molecular weight is 184 g/mol. The van der Waals surface area contributed by atoms with E-state index < -0.39 is 4.30 Å². The molecule has 0 saturated heterocycles. The first kappa shape index (κ1) is 11.0. The van der Waals surface area contributed by atoms with Crippen molar-refractivity contribution in [3.8, 4) is 0 Å². The number of halogens is 4.